The quantitative estimate of drug-likeness (QED) is 0.248. The highest BCUT2D eigenvalue weighted by Crippen LogP contribution is 2.36. The van der Waals surface area contributed by atoms with Gasteiger partial charge < -0.3 is 14.8 Å². The Balaban J connectivity index is 1.78. The van der Waals surface area contributed by atoms with Gasteiger partial charge >= 0.3 is 12.1 Å². The van der Waals surface area contributed by atoms with Crippen LogP contribution >= 0.6 is 11.6 Å². The SMILES string of the molecule is COc1cccc(C=C(C(=O)OCC(=O)Nc2ccc(Cl)cc2C(F)(F)F)c2ccccc2)c1. The fourth-order valence-corrected chi connectivity index (χ4v) is 3.20. The van der Waals surface area contributed by atoms with Crippen LogP contribution in [0.5, 0.6) is 5.75 Å². The highest BCUT2D eigenvalue weighted by molar-refractivity contribution is 6.30. The number of rotatable bonds is 7. The van der Waals surface area contributed by atoms with Crippen LogP contribution in [0.15, 0.2) is 72.8 Å². The summed E-state index contributed by atoms with van der Waals surface area (Å²) in [5, 5.41) is 1.98. The minimum absolute atomic E-state index is 0.132. The van der Waals surface area contributed by atoms with E-state index in [4.69, 9.17) is 21.1 Å². The maximum Gasteiger partial charge on any atom is 0.418 e. The second kappa shape index (κ2) is 10.9. The summed E-state index contributed by atoms with van der Waals surface area (Å²) in [5.74, 6) is -1.18. The molecule has 1 N–H and O–H groups in total. The van der Waals surface area contributed by atoms with Crippen molar-refractivity contribution in [2.75, 3.05) is 19.0 Å². The highest BCUT2D eigenvalue weighted by Gasteiger charge is 2.34. The van der Waals surface area contributed by atoms with Crippen molar-refractivity contribution in [2.24, 2.45) is 0 Å². The van der Waals surface area contributed by atoms with E-state index in [0.717, 1.165) is 6.07 Å². The molecule has 0 saturated carbocycles. The zero-order valence-electron chi connectivity index (χ0n) is 17.9. The zero-order valence-corrected chi connectivity index (χ0v) is 18.6. The lowest BCUT2D eigenvalue weighted by Crippen LogP contribution is -2.23. The van der Waals surface area contributed by atoms with Gasteiger partial charge in [0.2, 0.25) is 0 Å². The lowest BCUT2D eigenvalue weighted by Gasteiger charge is -2.14. The molecule has 1 amide bonds. The second-order valence-electron chi connectivity index (χ2n) is 7.01. The van der Waals surface area contributed by atoms with E-state index >= 15 is 0 Å². The highest BCUT2D eigenvalue weighted by atomic mass is 35.5. The standard InChI is InChI=1S/C25H19ClF3NO4/c1-33-19-9-5-6-16(12-19)13-20(17-7-3-2-4-8-17)24(32)34-15-23(31)30-22-11-10-18(26)14-21(22)25(27,28)29/h2-14H,15H2,1H3,(H,30,31). The minimum Gasteiger partial charge on any atom is -0.497 e. The van der Waals surface area contributed by atoms with Gasteiger partial charge in [0.15, 0.2) is 6.61 Å². The van der Waals surface area contributed by atoms with Gasteiger partial charge in [0.1, 0.15) is 5.75 Å². The predicted octanol–water partition coefficient (Wildman–Crippen LogP) is 6.09. The number of alkyl halides is 3. The number of amides is 1. The van der Waals surface area contributed by atoms with Gasteiger partial charge in [-0.25, -0.2) is 4.79 Å². The van der Waals surface area contributed by atoms with Gasteiger partial charge in [0, 0.05) is 5.02 Å². The van der Waals surface area contributed by atoms with Gasteiger partial charge in [-0.1, -0.05) is 54.1 Å². The van der Waals surface area contributed by atoms with Crippen molar-refractivity contribution < 1.29 is 32.2 Å². The molecule has 0 aliphatic rings. The third-order valence-corrected chi connectivity index (χ3v) is 4.84. The van der Waals surface area contributed by atoms with E-state index in [1.165, 1.54) is 13.2 Å². The molecule has 0 bridgehead atoms. The molecule has 0 atom stereocenters. The van der Waals surface area contributed by atoms with E-state index in [2.05, 4.69) is 5.32 Å². The average Bonchev–Trinajstić information content (AvgIpc) is 2.82. The topological polar surface area (TPSA) is 64.6 Å². The van der Waals surface area contributed by atoms with Crippen LogP contribution in [-0.2, 0) is 20.5 Å². The number of carbonyl (C=O) groups is 2. The summed E-state index contributed by atoms with van der Waals surface area (Å²) < 4.78 is 50.0. The Morgan fingerprint density at radius 3 is 2.41 bits per heavy atom. The Morgan fingerprint density at radius 2 is 1.74 bits per heavy atom. The number of hydrogen-bond donors (Lipinski definition) is 1. The maximum absolute atomic E-state index is 13.2. The van der Waals surface area contributed by atoms with E-state index in [9.17, 15) is 22.8 Å². The molecule has 5 nitrogen and oxygen atoms in total. The second-order valence-corrected chi connectivity index (χ2v) is 7.45. The van der Waals surface area contributed by atoms with Gasteiger partial charge in [-0.3, -0.25) is 4.79 Å². The number of benzene rings is 3. The fourth-order valence-electron chi connectivity index (χ4n) is 3.03. The number of ether oxygens (including phenoxy) is 2. The fraction of sp³-hybridized carbons (Fsp3) is 0.120. The van der Waals surface area contributed by atoms with Crippen LogP contribution in [0, 0.1) is 0 Å². The number of esters is 1. The molecule has 0 heterocycles. The van der Waals surface area contributed by atoms with Crippen molar-refractivity contribution in [3.05, 3.63) is 94.5 Å². The first kappa shape index (κ1) is 24.9. The molecule has 0 radical (unpaired) electrons. The number of carbonyl (C=O) groups excluding carboxylic acids is 2. The Bertz CT molecular complexity index is 1210. The number of anilines is 1. The maximum atomic E-state index is 13.2. The zero-order chi connectivity index (χ0) is 24.7. The molecule has 176 valence electrons. The normalized spacial score (nSPS) is 11.6. The number of hydrogen-bond acceptors (Lipinski definition) is 4. The van der Waals surface area contributed by atoms with Gasteiger partial charge in [0.25, 0.3) is 5.91 Å². The first-order valence-electron chi connectivity index (χ1n) is 9.92. The van der Waals surface area contributed by atoms with Crippen molar-refractivity contribution in [3.8, 4) is 5.75 Å². The van der Waals surface area contributed by atoms with Gasteiger partial charge in [-0.15, -0.1) is 0 Å². The van der Waals surface area contributed by atoms with E-state index in [0.29, 0.717) is 22.9 Å². The number of nitrogens with one attached hydrogen (secondary N) is 1. The summed E-state index contributed by atoms with van der Waals surface area (Å²) in [5.41, 5.74) is -0.261. The summed E-state index contributed by atoms with van der Waals surface area (Å²) in [6.07, 6.45) is -3.16. The molecule has 0 spiro atoms. The summed E-state index contributed by atoms with van der Waals surface area (Å²) in [6.45, 7) is -0.791. The van der Waals surface area contributed by atoms with Crippen LogP contribution in [0.25, 0.3) is 11.6 Å². The minimum atomic E-state index is -4.73. The molecule has 0 unspecified atom stereocenters. The lowest BCUT2D eigenvalue weighted by atomic mass is 10.0. The molecule has 3 aromatic rings. The first-order valence-corrected chi connectivity index (χ1v) is 10.3. The molecular weight excluding hydrogens is 471 g/mol. The Labute approximate surface area is 198 Å². The van der Waals surface area contributed by atoms with Gasteiger partial charge in [-0.05, 0) is 47.5 Å². The van der Waals surface area contributed by atoms with Crippen molar-refractivity contribution in [3.63, 3.8) is 0 Å². The molecule has 0 fully saturated rings. The first-order chi connectivity index (χ1) is 16.2. The van der Waals surface area contributed by atoms with Crippen LogP contribution < -0.4 is 10.1 Å². The summed E-state index contributed by atoms with van der Waals surface area (Å²) in [7, 11) is 1.51. The molecular formula is C25H19ClF3NO4. The smallest absolute Gasteiger partial charge is 0.418 e. The number of methoxy groups -OCH3 is 1. The van der Waals surface area contributed by atoms with Crippen LogP contribution in [0.4, 0.5) is 18.9 Å². The monoisotopic (exact) mass is 489 g/mol. The molecule has 3 rings (SSSR count). The molecule has 0 aliphatic heterocycles. The van der Waals surface area contributed by atoms with Crippen LogP contribution in [0.1, 0.15) is 16.7 Å². The van der Waals surface area contributed by atoms with Gasteiger partial charge in [0.05, 0.1) is 23.9 Å². The molecule has 0 saturated heterocycles. The Kier molecular flexibility index (Phi) is 7.96. The summed E-state index contributed by atoms with van der Waals surface area (Å²) in [6, 6.07) is 18.5. The predicted molar refractivity (Wildman–Crippen MR) is 123 cm³/mol. The van der Waals surface area contributed by atoms with E-state index < -0.39 is 35.9 Å². The third-order valence-electron chi connectivity index (χ3n) is 4.60. The summed E-state index contributed by atoms with van der Waals surface area (Å²) in [4.78, 5) is 25.1. The van der Waals surface area contributed by atoms with E-state index in [1.807, 2.05) is 0 Å². The average molecular weight is 490 g/mol. The summed E-state index contributed by atoms with van der Waals surface area (Å²) >= 11 is 5.64. The molecule has 0 aromatic heterocycles. The molecule has 34 heavy (non-hydrogen) atoms. The van der Waals surface area contributed by atoms with Crippen molar-refractivity contribution in [1.29, 1.82) is 0 Å². The Morgan fingerprint density at radius 1 is 1.00 bits per heavy atom. The third kappa shape index (κ3) is 6.62. The van der Waals surface area contributed by atoms with Crippen LogP contribution in [0.2, 0.25) is 5.02 Å². The molecule has 3 aromatic carbocycles. The van der Waals surface area contributed by atoms with Crippen LogP contribution in [-0.4, -0.2) is 25.6 Å². The van der Waals surface area contributed by atoms with E-state index in [-0.39, 0.29) is 10.6 Å². The number of halogens is 4. The largest absolute Gasteiger partial charge is 0.497 e. The molecule has 9 heteroatoms. The van der Waals surface area contributed by atoms with Crippen molar-refractivity contribution in [1.82, 2.24) is 0 Å². The molecule has 0 aliphatic carbocycles. The lowest BCUT2D eigenvalue weighted by molar-refractivity contribution is -0.141. The Hall–Kier alpha value is -3.78. The van der Waals surface area contributed by atoms with Crippen molar-refractivity contribution >= 4 is 40.8 Å². The van der Waals surface area contributed by atoms with Gasteiger partial charge in [-0.2, -0.15) is 13.2 Å². The van der Waals surface area contributed by atoms with E-state index in [1.54, 1.807) is 60.7 Å². The van der Waals surface area contributed by atoms with Crippen molar-refractivity contribution in [2.45, 2.75) is 6.18 Å². The van der Waals surface area contributed by atoms with Crippen LogP contribution in [0.3, 0.4) is 0 Å².